The van der Waals surface area contributed by atoms with Crippen LogP contribution in [0.5, 0.6) is 5.75 Å². The molecule has 1 saturated heterocycles. The van der Waals surface area contributed by atoms with E-state index in [-0.39, 0.29) is 11.8 Å². The molecule has 1 aromatic carbocycles. The van der Waals surface area contributed by atoms with Gasteiger partial charge in [0.2, 0.25) is 11.8 Å². The summed E-state index contributed by atoms with van der Waals surface area (Å²) in [6.07, 6.45) is -0.192. The number of likely N-dealkylation sites (N-methyl/N-ethyl adjacent to an activating group) is 1. The minimum atomic E-state index is -0.879. The number of nitrogens with zero attached hydrogens (tertiary/aromatic N) is 2. The van der Waals surface area contributed by atoms with Gasteiger partial charge in [0, 0.05) is 39.0 Å². The molecule has 0 spiro atoms. The number of amides is 3. The number of piperazine rings is 1. The van der Waals surface area contributed by atoms with E-state index in [9.17, 15) is 14.4 Å². The minimum absolute atomic E-state index is 0.0719. The van der Waals surface area contributed by atoms with Gasteiger partial charge in [-0.3, -0.25) is 9.59 Å². The van der Waals surface area contributed by atoms with E-state index in [4.69, 9.17) is 10.5 Å². The maximum Gasteiger partial charge on any atom is 0.409 e. The second kappa shape index (κ2) is 9.19. The summed E-state index contributed by atoms with van der Waals surface area (Å²) < 4.78 is 4.80. The molecule has 142 valence electrons. The van der Waals surface area contributed by atoms with Crippen molar-refractivity contribution in [3.63, 3.8) is 0 Å². The highest BCUT2D eigenvalue weighted by molar-refractivity contribution is 5.88. The van der Waals surface area contributed by atoms with Crippen LogP contribution in [-0.4, -0.2) is 67.0 Å². The predicted molar refractivity (Wildman–Crippen MR) is 96.7 cm³/mol. The van der Waals surface area contributed by atoms with E-state index in [1.54, 1.807) is 36.1 Å². The van der Waals surface area contributed by atoms with E-state index in [1.807, 2.05) is 7.05 Å². The largest absolute Gasteiger partial charge is 0.411 e. The zero-order valence-corrected chi connectivity index (χ0v) is 15.2. The Morgan fingerprint density at radius 2 is 1.77 bits per heavy atom. The van der Waals surface area contributed by atoms with Crippen molar-refractivity contribution in [3.05, 3.63) is 29.8 Å². The van der Waals surface area contributed by atoms with E-state index >= 15 is 0 Å². The van der Waals surface area contributed by atoms with E-state index in [0.717, 1.165) is 18.7 Å². The number of primary amides is 1. The van der Waals surface area contributed by atoms with Gasteiger partial charge in [-0.15, -0.1) is 0 Å². The number of hydrogen-bond donors (Lipinski definition) is 2. The molecule has 8 nitrogen and oxygen atoms in total. The summed E-state index contributed by atoms with van der Waals surface area (Å²) in [6.45, 7) is 4.69. The molecule has 1 aliphatic rings. The Morgan fingerprint density at radius 1 is 1.15 bits per heavy atom. The molecule has 0 saturated carbocycles. The summed E-state index contributed by atoms with van der Waals surface area (Å²) >= 11 is 0. The summed E-state index contributed by atoms with van der Waals surface area (Å²) in [6, 6.07) is 6.10. The number of hydrogen-bond acceptors (Lipinski definition) is 5. The number of nitrogens with two attached hydrogens (primary N) is 1. The first-order chi connectivity index (χ1) is 12.4. The quantitative estimate of drug-likeness (QED) is 0.760. The van der Waals surface area contributed by atoms with E-state index in [1.165, 1.54) is 0 Å². The molecule has 0 unspecified atom stereocenters. The summed E-state index contributed by atoms with van der Waals surface area (Å²) in [5.41, 5.74) is 5.84. The molecule has 3 amide bonds. The maximum absolute atomic E-state index is 12.9. The highest BCUT2D eigenvalue weighted by Crippen LogP contribution is 2.15. The average Bonchev–Trinajstić information content (AvgIpc) is 2.62. The van der Waals surface area contributed by atoms with Crippen molar-refractivity contribution >= 4 is 17.9 Å². The van der Waals surface area contributed by atoms with E-state index in [0.29, 0.717) is 31.7 Å². The van der Waals surface area contributed by atoms with Crippen LogP contribution in [0.4, 0.5) is 4.79 Å². The lowest BCUT2D eigenvalue weighted by Gasteiger charge is -2.34. The van der Waals surface area contributed by atoms with Crippen LogP contribution in [0, 0.1) is 0 Å². The number of benzene rings is 1. The van der Waals surface area contributed by atoms with Crippen molar-refractivity contribution in [2.45, 2.75) is 25.8 Å². The molecule has 0 bridgehead atoms. The van der Waals surface area contributed by atoms with Crippen molar-refractivity contribution < 1.29 is 19.1 Å². The summed E-state index contributed by atoms with van der Waals surface area (Å²) in [7, 11) is 2.02. The van der Waals surface area contributed by atoms with Crippen molar-refractivity contribution in [3.8, 4) is 5.75 Å². The van der Waals surface area contributed by atoms with Gasteiger partial charge in [-0.25, -0.2) is 4.79 Å². The Hall–Kier alpha value is -2.61. The summed E-state index contributed by atoms with van der Waals surface area (Å²) in [4.78, 5) is 39.5. The van der Waals surface area contributed by atoms with Crippen LogP contribution in [0.15, 0.2) is 24.3 Å². The van der Waals surface area contributed by atoms with Crippen molar-refractivity contribution in [2.24, 2.45) is 5.73 Å². The smallest absolute Gasteiger partial charge is 0.409 e. The van der Waals surface area contributed by atoms with Crippen molar-refractivity contribution in [2.75, 3.05) is 33.2 Å². The van der Waals surface area contributed by atoms with Crippen molar-refractivity contribution in [1.29, 1.82) is 0 Å². The van der Waals surface area contributed by atoms with Crippen LogP contribution in [0.25, 0.3) is 0 Å². The first kappa shape index (κ1) is 19.7. The van der Waals surface area contributed by atoms with Crippen molar-refractivity contribution in [1.82, 2.24) is 15.1 Å². The Kier molecular flexibility index (Phi) is 6.97. The minimum Gasteiger partial charge on any atom is -0.411 e. The highest BCUT2D eigenvalue weighted by atomic mass is 16.5. The monoisotopic (exact) mass is 362 g/mol. The van der Waals surface area contributed by atoms with Gasteiger partial charge in [-0.2, -0.15) is 0 Å². The molecular weight excluding hydrogens is 336 g/mol. The van der Waals surface area contributed by atoms with Gasteiger partial charge < -0.3 is 25.6 Å². The van der Waals surface area contributed by atoms with Gasteiger partial charge in [0.25, 0.3) is 0 Å². The Labute approximate surface area is 153 Å². The molecule has 0 aliphatic carbocycles. The van der Waals surface area contributed by atoms with Crippen LogP contribution in [0.3, 0.4) is 0 Å². The predicted octanol–water partition coefficient (Wildman–Crippen LogP) is 0.355. The van der Waals surface area contributed by atoms with Crippen LogP contribution >= 0.6 is 0 Å². The fraction of sp³-hybridized carbons (Fsp3) is 0.500. The average molecular weight is 362 g/mol. The first-order valence-corrected chi connectivity index (χ1v) is 8.72. The molecule has 1 aromatic rings. The molecule has 26 heavy (non-hydrogen) atoms. The molecule has 2 rings (SSSR count). The SMILES string of the molecule is CCC(=O)N[C@H](Cc1ccc(OC(N)=O)cc1)C(=O)N1CCN(C)CC1. The third kappa shape index (κ3) is 5.73. The lowest BCUT2D eigenvalue weighted by atomic mass is 10.0. The standard InChI is InChI=1S/C18H26N4O4/c1-3-16(23)20-15(17(24)22-10-8-21(2)9-11-22)12-13-4-6-14(7-5-13)26-18(19)25/h4-7,15H,3,8-12H2,1-2H3,(H2,19,25)(H,20,23)/t15-/m1/s1. The second-order valence-electron chi connectivity index (χ2n) is 6.37. The molecule has 1 aliphatic heterocycles. The van der Waals surface area contributed by atoms with Crippen LogP contribution in [-0.2, 0) is 16.0 Å². The van der Waals surface area contributed by atoms with E-state index < -0.39 is 12.1 Å². The third-order valence-electron chi connectivity index (χ3n) is 4.35. The molecule has 1 atom stereocenters. The van der Waals surface area contributed by atoms with Gasteiger partial charge in [0.05, 0.1) is 0 Å². The number of ether oxygens (including phenoxy) is 1. The zero-order valence-electron chi connectivity index (χ0n) is 15.2. The van der Waals surface area contributed by atoms with Crippen LogP contribution in [0.1, 0.15) is 18.9 Å². The topological polar surface area (TPSA) is 105 Å². The van der Waals surface area contributed by atoms with Crippen LogP contribution in [0.2, 0.25) is 0 Å². The molecule has 0 radical (unpaired) electrons. The summed E-state index contributed by atoms with van der Waals surface area (Å²) in [5.74, 6) is 0.101. The first-order valence-electron chi connectivity index (χ1n) is 8.72. The number of carbonyl (C=O) groups is 3. The highest BCUT2D eigenvalue weighted by Gasteiger charge is 2.27. The Balaban J connectivity index is 2.07. The molecular formula is C18H26N4O4. The van der Waals surface area contributed by atoms with Gasteiger partial charge >= 0.3 is 6.09 Å². The molecule has 1 heterocycles. The van der Waals surface area contributed by atoms with Gasteiger partial charge in [0.15, 0.2) is 0 Å². The summed E-state index contributed by atoms with van der Waals surface area (Å²) in [5, 5.41) is 2.82. The normalized spacial score (nSPS) is 16.0. The fourth-order valence-electron chi connectivity index (χ4n) is 2.79. The molecule has 3 N–H and O–H groups in total. The van der Waals surface area contributed by atoms with Crippen LogP contribution < -0.4 is 15.8 Å². The molecule has 1 fully saturated rings. The lowest BCUT2D eigenvalue weighted by molar-refractivity contribution is -0.137. The van der Waals surface area contributed by atoms with E-state index in [2.05, 4.69) is 10.2 Å². The molecule has 8 heteroatoms. The maximum atomic E-state index is 12.9. The Bertz CT molecular complexity index is 639. The Morgan fingerprint density at radius 3 is 2.31 bits per heavy atom. The van der Waals surface area contributed by atoms with Gasteiger partial charge in [0.1, 0.15) is 11.8 Å². The third-order valence-corrected chi connectivity index (χ3v) is 4.35. The zero-order chi connectivity index (χ0) is 19.1. The number of nitrogens with one attached hydrogen (secondary N) is 1. The lowest BCUT2D eigenvalue weighted by Crippen LogP contribution is -2.54. The van der Waals surface area contributed by atoms with Gasteiger partial charge in [-0.1, -0.05) is 19.1 Å². The fourth-order valence-corrected chi connectivity index (χ4v) is 2.79. The van der Waals surface area contributed by atoms with Gasteiger partial charge in [-0.05, 0) is 24.7 Å². The molecule has 0 aromatic heterocycles. The number of rotatable bonds is 6. The number of carbonyl (C=O) groups excluding carboxylic acids is 3. The second-order valence-corrected chi connectivity index (χ2v) is 6.37.